The van der Waals surface area contributed by atoms with E-state index in [0.717, 1.165) is 56.4 Å². The number of thiazole rings is 1. The minimum Gasteiger partial charge on any atom is -0.391 e. The average molecular weight is 332 g/mol. The Kier molecular flexibility index (Phi) is 3.78. The Bertz CT molecular complexity index is 705. The standard InChI is InChI=1S/C15H20N6OS/c16-14-18-11-4-7-21(9-12(11)23-14)15-17-5-3-13(19-15)20-6-1-2-10(22)8-20/h3,5,10,22H,1-2,4,6-9H2,(H2,16,18). The van der Waals surface area contributed by atoms with Gasteiger partial charge >= 0.3 is 0 Å². The van der Waals surface area contributed by atoms with E-state index in [9.17, 15) is 5.11 Å². The fraction of sp³-hybridized carbons (Fsp3) is 0.533. The van der Waals surface area contributed by atoms with Crippen molar-refractivity contribution in [2.75, 3.05) is 35.2 Å². The number of hydrogen-bond donors (Lipinski definition) is 2. The molecule has 4 heterocycles. The van der Waals surface area contributed by atoms with Crippen LogP contribution in [0.4, 0.5) is 16.9 Å². The Labute approximate surface area is 138 Å². The van der Waals surface area contributed by atoms with Gasteiger partial charge in [-0.1, -0.05) is 0 Å². The second kappa shape index (κ2) is 5.93. The predicted octanol–water partition coefficient (Wildman–Crippen LogP) is 1.04. The summed E-state index contributed by atoms with van der Waals surface area (Å²) in [5.41, 5.74) is 6.91. The molecule has 122 valence electrons. The first kappa shape index (κ1) is 14.6. The van der Waals surface area contributed by atoms with Crippen molar-refractivity contribution in [2.24, 2.45) is 0 Å². The zero-order chi connectivity index (χ0) is 15.8. The molecule has 0 aromatic carbocycles. The lowest BCUT2D eigenvalue weighted by Crippen LogP contribution is -2.39. The van der Waals surface area contributed by atoms with Crippen molar-refractivity contribution in [3.05, 3.63) is 22.8 Å². The van der Waals surface area contributed by atoms with Crippen LogP contribution in [-0.4, -0.2) is 45.8 Å². The third-order valence-corrected chi connectivity index (χ3v) is 5.29. The average Bonchev–Trinajstić information content (AvgIpc) is 2.94. The van der Waals surface area contributed by atoms with Crippen LogP contribution in [0.2, 0.25) is 0 Å². The lowest BCUT2D eigenvalue weighted by molar-refractivity contribution is 0.154. The van der Waals surface area contributed by atoms with Crippen molar-refractivity contribution in [3.8, 4) is 0 Å². The van der Waals surface area contributed by atoms with E-state index in [2.05, 4.69) is 19.8 Å². The molecule has 1 saturated heterocycles. The van der Waals surface area contributed by atoms with Gasteiger partial charge in [-0.3, -0.25) is 0 Å². The van der Waals surface area contributed by atoms with Gasteiger partial charge in [-0.05, 0) is 18.9 Å². The lowest BCUT2D eigenvalue weighted by Gasteiger charge is -2.32. The highest BCUT2D eigenvalue weighted by atomic mass is 32.1. The number of fused-ring (bicyclic) bond motifs is 1. The zero-order valence-electron chi connectivity index (χ0n) is 12.9. The van der Waals surface area contributed by atoms with Crippen molar-refractivity contribution in [2.45, 2.75) is 31.9 Å². The van der Waals surface area contributed by atoms with Gasteiger partial charge in [-0.25, -0.2) is 9.97 Å². The van der Waals surface area contributed by atoms with E-state index in [4.69, 9.17) is 10.7 Å². The van der Waals surface area contributed by atoms with E-state index in [1.54, 1.807) is 17.5 Å². The van der Waals surface area contributed by atoms with Crippen LogP contribution in [0.25, 0.3) is 0 Å². The summed E-state index contributed by atoms with van der Waals surface area (Å²) >= 11 is 1.55. The molecule has 2 aromatic rings. The van der Waals surface area contributed by atoms with Crippen molar-refractivity contribution < 1.29 is 5.11 Å². The number of nitrogens with zero attached hydrogens (tertiary/aromatic N) is 5. The molecule has 0 aliphatic carbocycles. The summed E-state index contributed by atoms with van der Waals surface area (Å²) in [5, 5.41) is 10.5. The van der Waals surface area contributed by atoms with Gasteiger partial charge in [-0.2, -0.15) is 4.98 Å². The topological polar surface area (TPSA) is 91.4 Å². The number of nitrogen functional groups attached to an aromatic ring is 1. The van der Waals surface area contributed by atoms with E-state index in [1.165, 1.54) is 4.88 Å². The molecule has 7 nitrogen and oxygen atoms in total. The molecule has 1 atom stereocenters. The molecule has 2 aliphatic rings. The van der Waals surface area contributed by atoms with Crippen LogP contribution >= 0.6 is 11.3 Å². The molecule has 2 aromatic heterocycles. The largest absolute Gasteiger partial charge is 0.391 e. The Morgan fingerprint density at radius 3 is 3.04 bits per heavy atom. The molecule has 0 saturated carbocycles. The summed E-state index contributed by atoms with van der Waals surface area (Å²) in [4.78, 5) is 19.0. The highest BCUT2D eigenvalue weighted by Gasteiger charge is 2.24. The number of nitrogens with two attached hydrogens (primary N) is 1. The number of aliphatic hydroxyl groups excluding tert-OH is 1. The van der Waals surface area contributed by atoms with Crippen molar-refractivity contribution in [1.82, 2.24) is 15.0 Å². The number of β-amino-alcohol motifs (C(OH)–C–C–N with tert-alkyl or cyclic N) is 1. The minimum absolute atomic E-state index is 0.264. The maximum Gasteiger partial charge on any atom is 0.227 e. The third kappa shape index (κ3) is 2.96. The van der Waals surface area contributed by atoms with E-state index in [0.29, 0.717) is 11.7 Å². The predicted molar refractivity (Wildman–Crippen MR) is 90.8 cm³/mol. The fourth-order valence-electron chi connectivity index (χ4n) is 3.22. The van der Waals surface area contributed by atoms with Crippen LogP contribution in [-0.2, 0) is 13.0 Å². The molecule has 0 radical (unpaired) electrons. The van der Waals surface area contributed by atoms with Gasteiger partial charge in [0.25, 0.3) is 0 Å². The normalized spacial score (nSPS) is 21.3. The molecule has 0 amide bonds. The lowest BCUT2D eigenvalue weighted by atomic mass is 10.1. The molecular formula is C15H20N6OS. The maximum atomic E-state index is 9.86. The summed E-state index contributed by atoms with van der Waals surface area (Å²) in [5.74, 6) is 1.63. The number of anilines is 3. The number of rotatable bonds is 2. The summed E-state index contributed by atoms with van der Waals surface area (Å²) in [6.07, 6.45) is 4.28. The van der Waals surface area contributed by atoms with Gasteiger partial charge in [0.15, 0.2) is 5.13 Å². The van der Waals surface area contributed by atoms with Crippen LogP contribution in [0.1, 0.15) is 23.4 Å². The zero-order valence-corrected chi connectivity index (χ0v) is 13.7. The van der Waals surface area contributed by atoms with Crippen molar-refractivity contribution >= 4 is 28.2 Å². The molecule has 4 rings (SSSR count). The quantitative estimate of drug-likeness (QED) is 0.849. The molecule has 8 heteroatoms. The molecule has 23 heavy (non-hydrogen) atoms. The number of aromatic nitrogens is 3. The second-order valence-corrected chi connectivity index (χ2v) is 7.17. The highest BCUT2D eigenvalue weighted by molar-refractivity contribution is 7.15. The molecule has 1 fully saturated rings. The summed E-state index contributed by atoms with van der Waals surface area (Å²) in [6.45, 7) is 3.19. The molecular weight excluding hydrogens is 312 g/mol. The molecule has 1 unspecified atom stereocenters. The van der Waals surface area contributed by atoms with Gasteiger partial charge in [0, 0.05) is 37.1 Å². The SMILES string of the molecule is Nc1nc2c(s1)CN(c1nccc(N3CCCC(O)C3)n1)CC2. The van der Waals surface area contributed by atoms with Gasteiger partial charge in [-0.15, -0.1) is 11.3 Å². The summed E-state index contributed by atoms with van der Waals surface area (Å²) in [7, 11) is 0. The molecule has 0 spiro atoms. The second-order valence-electron chi connectivity index (χ2n) is 6.05. The van der Waals surface area contributed by atoms with E-state index in [1.807, 2.05) is 6.07 Å². The van der Waals surface area contributed by atoms with Crippen LogP contribution in [0, 0.1) is 0 Å². The molecule has 2 aliphatic heterocycles. The number of piperidine rings is 1. The van der Waals surface area contributed by atoms with Gasteiger partial charge in [0.1, 0.15) is 5.82 Å². The monoisotopic (exact) mass is 332 g/mol. The minimum atomic E-state index is -0.264. The van der Waals surface area contributed by atoms with E-state index >= 15 is 0 Å². The van der Waals surface area contributed by atoms with Gasteiger partial charge in [0.05, 0.1) is 18.3 Å². The Balaban J connectivity index is 1.55. The van der Waals surface area contributed by atoms with Crippen LogP contribution in [0.3, 0.4) is 0 Å². The third-order valence-electron chi connectivity index (χ3n) is 4.38. The molecule has 0 bridgehead atoms. The van der Waals surface area contributed by atoms with Crippen LogP contribution in [0.15, 0.2) is 12.3 Å². The smallest absolute Gasteiger partial charge is 0.227 e. The van der Waals surface area contributed by atoms with Crippen molar-refractivity contribution in [3.63, 3.8) is 0 Å². The fourth-order valence-corrected chi connectivity index (χ4v) is 4.11. The Morgan fingerprint density at radius 2 is 2.17 bits per heavy atom. The highest BCUT2D eigenvalue weighted by Crippen LogP contribution is 2.29. The first-order valence-electron chi connectivity index (χ1n) is 7.94. The van der Waals surface area contributed by atoms with Crippen LogP contribution in [0.5, 0.6) is 0 Å². The summed E-state index contributed by atoms with van der Waals surface area (Å²) < 4.78 is 0. The van der Waals surface area contributed by atoms with Gasteiger partial charge in [0.2, 0.25) is 5.95 Å². The Morgan fingerprint density at radius 1 is 1.26 bits per heavy atom. The van der Waals surface area contributed by atoms with E-state index in [-0.39, 0.29) is 6.10 Å². The maximum absolute atomic E-state index is 9.86. The molecule has 3 N–H and O–H groups in total. The summed E-state index contributed by atoms with van der Waals surface area (Å²) in [6, 6.07) is 1.92. The van der Waals surface area contributed by atoms with Crippen LogP contribution < -0.4 is 15.5 Å². The first-order chi connectivity index (χ1) is 11.2. The van der Waals surface area contributed by atoms with Gasteiger partial charge < -0.3 is 20.6 Å². The van der Waals surface area contributed by atoms with E-state index < -0.39 is 0 Å². The first-order valence-corrected chi connectivity index (χ1v) is 8.76. The van der Waals surface area contributed by atoms with Crippen molar-refractivity contribution in [1.29, 1.82) is 0 Å². The number of aliphatic hydroxyl groups is 1. The Hall–Kier alpha value is -1.93. The number of hydrogen-bond acceptors (Lipinski definition) is 8.